The van der Waals surface area contributed by atoms with Crippen molar-refractivity contribution in [1.82, 2.24) is 0 Å². The van der Waals surface area contributed by atoms with Crippen LogP contribution in [-0.2, 0) is 0 Å². The third kappa shape index (κ3) is 3.74. The second-order valence-electron chi connectivity index (χ2n) is 4.47. The van der Waals surface area contributed by atoms with Gasteiger partial charge in [-0.2, -0.15) is 0 Å². The lowest BCUT2D eigenvalue weighted by Gasteiger charge is -2.09. The minimum Gasteiger partial charge on any atom is -0.478 e. The molecule has 0 saturated heterocycles. The second kappa shape index (κ2) is 6.16. The Kier molecular flexibility index (Phi) is 4.50. The highest BCUT2D eigenvalue weighted by atomic mass is 35.5. The largest absolute Gasteiger partial charge is 0.478 e. The fraction of sp³-hybridized carbons (Fsp3) is 0.0667. The highest BCUT2D eigenvalue weighted by molar-refractivity contribution is 6.34. The van der Waals surface area contributed by atoms with Crippen molar-refractivity contribution in [3.63, 3.8) is 0 Å². The molecule has 0 radical (unpaired) electrons. The maximum atomic E-state index is 12.1. The van der Waals surface area contributed by atoms with E-state index in [-0.39, 0.29) is 16.5 Å². The average molecular weight is 324 g/mol. The summed E-state index contributed by atoms with van der Waals surface area (Å²) in [7, 11) is 0. The quantitative estimate of drug-likeness (QED) is 0.887. The highest BCUT2D eigenvalue weighted by Crippen LogP contribution is 2.24. The molecule has 2 aromatic carbocycles. The monoisotopic (exact) mass is 323 g/mol. The number of hydrogen-bond donors (Lipinski definition) is 2. The maximum Gasteiger partial charge on any atom is 0.335 e. The molecule has 0 fully saturated rings. The van der Waals surface area contributed by atoms with Crippen LogP contribution in [-0.4, -0.2) is 17.0 Å². The van der Waals surface area contributed by atoms with Gasteiger partial charge < -0.3 is 10.4 Å². The van der Waals surface area contributed by atoms with Crippen LogP contribution in [0.15, 0.2) is 36.4 Å². The molecule has 0 atom stereocenters. The Morgan fingerprint density at radius 2 is 1.76 bits per heavy atom. The zero-order chi connectivity index (χ0) is 15.6. The summed E-state index contributed by atoms with van der Waals surface area (Å²) in [6.07, 6.45) is 0. The standard InChI is InChI=1S/C15H11Cl2NO3/c1-8-4-10(6-11(16)5-8)14(19)18-13-3-2-9(15(20)21)7-12(13)17/h2-7H,1H3,(H,18,19)(H,20,21). The number of halogens is 2. The molecule has 0 aliphatic rings. The Morgan fingerprint density at radius 3 is 2.33 bits per heavy atom. The maximum absolute atomic E-state index is 12.1. The van der Waals surface area contributed by atoms with Gasteiger partial charge >= 0.3 is 5.97 Å². The van der Waals surface area contributed by atoms with Crippen molar-refractivity contribution in [2.75, 3.05) is 5.32 Å². The van der Waals surface area contributed by atoms with Crippen LogP contribution in [0.25, 0.3) is 0 Å². The first-order valence-corrected chi connectivity index (χ1v) is 6.74. The molecule has 0 bridgehead atoms. The van der Waals surface area contributed by atoms with Crippen LogP contribution in [0.2, 0.25) is 10.0 Å². The lowest BCUT2D eigenvalue weighted by molar-refractivity contribution is 0.0696. The van der Waals surface area contributed by atoms with Crippen molar-refractivity contribution in [2.45, 2.75) is 6.92 Å². The molecule has 4 nitrogen and oxygen atoms in total. The fourth-order valence-electron chi connectivity index (χ4n) is 1.81. The van der Waals surface area contributed by atoms with Crippen LogP contribution in [0, 0.1) is 6.92 Å². The van der Waals surface area contributed by atoms with Gasteiger partial charge in [0, 0.05) is 10.6 Å². The number of anilines is 1. The molecule has 0 aliphatic heterocycles. The van der Waals surface area contributed by atoms with Crippen molar-refractivity contribution in [2.24, 2.45) is 0 Å². The number of carbonyl (C=O) groups excluding carboxylic acids is 1. The zero-order valence-electron chi connectivity index (χ0n) is 11.0. The minimum atomic E-state index is -1.08. The van der Waals surface area contributed by atoms with Crippen LogP contribution in [0.5, 0.6) is 0 Å². The third-order valence-corrected chi connectivity index (χ3v) is 3.30. The molecule has 6 heteroatoms. The average Bonchev–Trinajstić information content (AvgIpc) is 2.39. The molecule has 21 heavy (non-hydrogen) atoms. The number of carboxylic acid groups (broad SMARTS) is 1. The molecule has 0 heterocycles. The lowest BCUT2D eigenvalue weighted by Crippen LogP contribution is -2.12. The summed E-state index contributed by atoms with van der Waals surface area (Å²) in [5.41, 5.74) is 1.65. The van der Waals surface area contributed by atoms with E-state index in [1.807, 2.05) is 6.92 Å². The molecular formula is C15H11Cl2NO3. The molecule has 0 aliphatic carbocycles. The Hall–Kier alpha value is -2.04. The van der Waals surface area contributed by atoms with Gasteiger partial charge in [0.05, 0.1) is 16.3 Å². The summed E-state index contributed by atoms with van der Waals surface area (Å²) >= 11 is 11.9. The van der Waals surface area contributed by atoms with E-state index in [9.17, 15) is 9.59 Å². The molecule has 0 spiro atoms. The predicted octanol–water partition coefficient (Wildman–Crippen LogP) is 4.25. The summed E-state index contributed by atoms with van der Waals surface area (Å²) in [5, 5.41) is 12.1. The van der Waals surface area contributed by atoms with Crippen LogP contribution >= 0.6 is 23.2 Å². The number of hydrogen-bond acceptors (Lipinski definition) is 2. The van der Waals surface area contributed by atoms with E-state index >= 15 is 0 Å². The van der Waals surface area contributed by atoms with Gasteiger partial charge in [0.25, 0.3) is 5.91 Å². The number of benzene rings is 2. The number of nitrogens with one attached hydrogen (secondary N) is 1. The summed E-state index contributed by atoms with van der Waals surface area (Å²) in [6.45, 7) is 1.83. The van der Waals surface area contributed by atoms with Crippen molar-refractivity contribution < 1.29 is 14.7 Å². The van der Waals surface area contributed by atoms with Gasteiger partial charge in [0.15, 0.2) is 0 Å². The minimum absolute atomic E-state index is 0.0524. The molecule has 2 rings (SSSR count). The van der Waals surface area contributed by atoms with Gasteiger partial charge in [-0.15, -0.1) is 0 Å². The molecule has 2 aromatic rings. The molecule has 0 aromatic heterocycles. The van der Waals surface area contributed by atoms with Crippen LogP contribution in [0.4, 0.5) is 5.69 Å². The topological polar surface area (TPSA) is 66.4 Å². The Balaban J connectivity index is 2.25. The summed E-state index contributed by atoms with van der Waals surface area (Å²) in [5.74, 6) is -1.45. The normalized spacial score (nSPS) is 10.2. The SMILES string of the molecule is Cc1cc(Cl)cc(C(=O)Nc2ccc(C(=O)O)cc2Cl)c1. The fourth-order valence-corrected chi connectivity index (χ4v) is 2.33. The summed E-state index contributed by atoms with van der Waals surface area (Å²) < 4.78 is 0. The molecule has 0 unspecified atom stereocenters. The Bertz CT molecular complexity index is 709. The molecule has 1 amide bonds. The molecule has 2 N–H and O–H groups in total. The van der Waals surface area contributed by atoms with E-state index in [4.69, 9.17) is 28.3 Å². The number of aryl methyl sites for hydroxylation is 1. The van der Waals surface area contributed by atoms with Crippen molar-refractivity contribution in [1.29, 1.82) is 0 Å². The lowest BCUT2D eigenvalue weighted by atomic mass is 10.1. The van der Waals surface area contributed by atoms with Crippen molar-refractivity contribution in [3.8, 4) is 0 Å². The summed E-state index contributed by atoms with van der Waals surface area (Å²) in [4.78, 5) is 23.0. The van der Waals surface area contributed by atoms with Gasteiger partial charge in [0.1, 0.15) is 0 Å². The molecular weight excluding hydrogens is 313 g/mol. The summed E-state index contributed by atoms with van der Waals surface area (Å²) in [6, 6.07) is 9.08. The van der Waals surface area contributed by atoms with E-state index in [1.54, 1.807) is 18.2 Å². The van der Waals surface area contributed by atoms with Gasteiger partial charge in [0.2, 0.25) is 0 Å². The van der Waals surface area contributed by atoms with E-state index in [2.05, 4.69) is 5.32 Å². The van der Waals surface area contributed by atoms with Crippen LogP contribution < -0.4 is 5.32 Å². The van der Waals surface area contributed by atoms with E-state index in [0.29, 0.717) is 16.3 Å². The van der Waals surface area contributed by atoms with Crippen LogP contribution in [0.1, 0.15) is 26.3 Å². The first-order valence-electron chi connectivity index (χ1n) is 5.98. The van der Waals surface area contributed by atoms with Crippen LogP contribution in [0.3, 0.4) is 0 Å². The van der Waals surface area contributed by atoms with E-state index in [0.717, 1.165) is 5.56 Å². The second-order valence-corrected chi connectivity index (χ2v) is 5.31. The van der Waals surface area contributed by atoms with Gasteiger partial charge in [-0.3, -0.25) is 4.79 Å². The Labute approximate surface area is 131 Å². The highest BCUT2D eigenvalue weighted by Gasteiger charge is 2.12. The van der Waals surface area contributed by atoms with E-state index < -0.39 is 5.97 Å². The van der Waals surface area contributed by atoms with E-state index in [1.165, 1.54) is 18.2 Å². The number of carbonyl (C=O) groups is 2. The number of amides is 1. The molecule has 0 saturated carbocycles. The zero-order valence-corrected chi connectivity index (χ0v) is 12.5. The molecule has 108 valence electrons. The van der Waals surface area contributed by atoms with Crippen molar-refractivity contribution >= 4 is 40.8 Å². The number of aromatic carboxylic acids is 1. The van der Waals surface area contributed by atoms with Gasteiger partial charge in [-0.1, -0.05) is 23.2 Å². The first kappa shape index (κ1) is 15.4. The van der Waals surface area contributed by atoms with Gasteiger partial charge in [-0.25, -0.2) is 4.79 Å². The first-order chi connectivity index (χ1) is 9.86. The van der Waals surface area contributed by atoms with Gasteiger partial charge in [-0.05, 0) is 48.9 Å². The third-order valence-electron chi connectivity index (χ3n) is 2.77. The van der Waals surface area contributed by atoms with Crippen molar-refractivity contribution in [3.05, 3.63) is 63.1 Å². The Morgan fingerprint density at radius 1 is 1.05 bits per heavy atom. The smallest absolute Gasteiger partial charge is 0.335 e. The number of rotatable bonds is 3. The predicted molar refractivity (Wildman–Crippen MR) is 82.6 cm³/mol. The number of carboxylic acids is 1.